The lowest BCUT2D eigenvalue weighted by Crippen LogP contribution is -2.28. The summed E-state index contributed by atoms with van der Waals surface area (Å²) in [6, 6.07) is 3.25. The van der Waals surface area contributed by atoms with Gasteiger partial charge in [-0.25, -0.2) is 17.5 Å². The van der Waals surface area contributed by atoms with E-state index in [9.17, 15) is 17.6 Å². The van der Waals surface area contributed by atoms with E-state index >= 15 is 0 Å². The third-order valence-corrected chi connectivity index (χ3v) is 4.41. The number of rotatable bonds is 9. The molecule has 0 spiro atoms. The number of hydrogen-bond donors (Lipinski definition) is 2. The topological polar surface area (TPSA) is 78.5 Å². The van der Waals surface area contributed by atoms with Crippen molar-refractivity contribution in [1.82, 2.24) is 14.9 Å². The molecule has 0 heterocycles. The maximum Gasteiger partial charge on any atom is 0.251 e. The molecule has 128 valence electrons. The number of amides is 1. The molecule has 2 N–H and O–H groups in total. The Balaban J connectivity index is 2.84. The lowest BCUT2D eigenvalue weighted by molar-refractivity contribution is 0.0952. The first-order chi connectivity index (χ1) is 10.8. The van der Waals surface area contributed by atoms with Gasteiger partial charge in [-0.3, -0.25) is 4.79 Å². The summed E-state index contributed by atoms with van der Waals surface area (Å²) in [5.41, 5.74) is 0.0928. The molecule has 0 unspecified atom stereocenters. The van der Waals surface area contributed by atoms with E-state index in [1.54, 1.807) is 0 Å². The Morgan fingerprint density at radius 2 is 2.09 bits per heavy atom. The van der Waals surface area contributed by atoms with Crippen LogP contribution < -0.4 is 10.0 Å². The number of carbonyl (C=O) groups is 1. The van der Waals surface area contributed by atoms with Crippen LogP contribution in [0, 0.1) is 5.82 Å². The number of sulfonamides is 1. The standard InChI is InChI=1S/C15H22FN3O3S/c1-4-8-18-23(21,22)14-11-12(6-7-13(14)16)15(20)17-9-5-10-19(2)3/h4,6-7,11,18H,1,5,8-10H2,2-3H3,(H,17,20). The first-order valence-corrected chi connectivity index (χ1v) is 8.59. The molecule has 0 bridgehead atoms. The highest BCUT2D eigenvalue weighted by Crippen LogP contribution is 2.16. The molecule has 0 saturated carbocycles. The van der Waals surface area contributed by atoms with Crippen LogP contribution in [0.3, 0.4) is 0 Å². The summed E-state index contributed by atoms with van der Waals surface area (Å²) in [4.78, 5) is 13.4. The molecule has 0 aliphatic rings. The normalized spacial score (nSPS) is 11.5. The highest BCUT2D eigenvalue weighted by Gasteiger charge is 2.20. The summed E-state index contributed by atoms with van der Waals surface area (Å²) in [5.74, 6) is -1.35. The lowest BCUT2D eigenvalue weighted by atomic mass is 10.2. The second-order valence-electron chi connectivity index (χ2n) is 5.20. The largest absolute Gasteiger partial charge is 0.352 e. The van der Waals surface area contributed by atoms with Gasteiger partial charge in [0.15, 0.2) is 0 Å². The predicted molar refractivity (Wildman–Crippen MR) is 87.3 cm³/mol. The molecule has 0 aliphatic carbocycles. The van der Waals surface area contributed by atoms with Gasteiger partial charge in [-0.2, -0.15) is 0 Å². The quantitative estimate of drug-likeness (QED) is 0.517. The highest BCUT2D eigenvalue weighted by atomic mass is 32.2. The lowest BCUT2D eigenvalue weighted by Gasteiger charge is -2.11. The van der Waals surface area contributed by atoms with Gasteiger partial charge in [0, 0.05) is 18.7 Å². The van der Waals surface area contributed by atoms with Crippen LogP contribution in [0.2, 0.25) is 0 Å². The number of carbonyl (C=O) groups excluding carboxylic acids is 1. The van der Waals surface area contributed by atoms with Crippen molar-refractivity contribution in [1.29, 1.82) is 0 Å². The first kappa shape index (κ1) is 19.3. The smallest absolute Gasteiger partial charge is 0.251 e. The van der Waals surface area contributed by atoms with Gasteiger partial charge in [-0.05, 0) is 45.3 Å². The van der Waals surface area contributed by atoms with Gasteiger partial charge in [0.05, 0.1) is 0 Å². The molecule has 1 aromatic rings. The van der Waals surface area contributed by atoms with Crippen molar-refractivity contribution in [3.8, 4) is 0 Å². The van der Waals surface area contributed by atoms with E-state index in [1.807, 2.05) is 19.0 Å². The third kappa shape index (κ3) is 6.09. The molecule has 0 fully saturated rings. The van der Waals surface area contributed by atoms with Crippen molar-refractivity contribution < 1.29 is 17.6 Å². The van der Waals surface area contributed by atoms with Gasteiger partial charge in [-0.1, -0.05) is 6.08 Å². The molecular weight excluding hydrogens is 321 g/mol. The van der Waals surface area contributed by atoms with Crippen molar-refractivity contribution in [2.45, 2.75) is 11.3 Å². The van der Waals surface area contributed by atoms with E-state index in [4.69, 9.17) is 0 Å². The van der Waals surface area contributed by atoms with Crippen LogP contribution in [-0.2, 0) is 10.0 Å². The Labute approximate surface area is 136 Å². The van der Waals surface area contributed by atoms with E-state index in [0.717, 1.165) is 25.1 Å². The Morgan fingerprint density at radius 1 is 1.39 bits per heavy atom. The fourth-order valence-corrected chi connectivity index (χ4v) is 2.90. The number of halogens is 1. The van der Waals surface area contributed by atoms with Gasteiger partial charge in [0.2, 0.25) is 10.0 Å². The third-order valence-electron chi connectivity index (χ3n) is 2.97. The monoisotopic (exact) mass is 343 g/mol. The average Bonchev–Trinajstić information content (AvgIpc) is 2.49. The van der Waals surface area contributed by atoms with Crippen LogP contribution in [0.5, 0.6) is 0 Å². The van der Waals surface area contributed by atoms with Crippen LogP contribution in [-0.4, -0.2) is 53.0 Å². The minimum atomic E-state index is -4.03. The second-order valence-corrected chi connectivity index (χ2v) is 6.93. The molecule has 8 heteroatoms. The summed E-state index contributed by atoms with van der Waals surface area (Å²) in [7, 11) is -0.177. The molecule has 23 heavy (non-hydrogen) atoms. The van der Waals surface area contributed by atoms with Crippen LogP contribution in [0.15, 0.2) is 35.7 Å². The minimum absolute atomic E-state index is 0.0251. The van der Waals surface area contributed by atoms with E-state index in [-0.39, 0.29) is 12.1 Å². The molecule has 6 nitrogen and oxygen atoms in total. The molecule has 0 radical (unpaired) electrons. The fourth-order valence-electron chi connectivity index (χ4n) is 1.80. The Morgan fingerprint density at radius 3 is 2.70 bits per heavy atom. The SMILES string of the molecule is C=CCNS(=O)(=O)c1cc(C(=O)NCCCN(C)C)ccc1F. The van der Waals surface area contributed by atoms with Gasteiger partial charge in [0.25, 0.3) is 5.91 Å². The van der Waals surface area contributed by atoms with Crippen molar-refractivity contribution in [3.05, 3.63) is 42.2 Å². The number of benzene rings is 1. The summed E-state index contributed by atoms with van der Waals surface area (Å²) in [6.45, 7) is 4.63. The molecule has 1 aromatic carbocycles. The molecule has 1 rings (SSSR count). The maximum absolute atomic E-state index is 13.8. The average molecular weight is 343 g/mol. The van der Waals surface area contributed by atoms with Crippen LogP contribution in [0.25, 0.3) is 0 Å². The van der Waals surface area contributed by atoms with Crippen molar-refractivity contribution >= 4 is 15.9 Å². The Bertz CT molecular complexity index is 660. The number of hydrogen-bond acceptors (Lipinski definition) is 4. The van der Waals surface area contributed by atoms with Gasteiger partial charge < -0.3 is 10.2 Å². The summed E-state index contributed by atoms with van der Waals surface area (Å²) in [6.07, 6.45) is 2.10. The zero-order valence-electron chi connectivity index (χ0n) is 13.3. The molecule has 0 saturated heterocycles. The molecule has 0 atom stereocenters. The van der Waals surface area contributed by atoms with Crippen molar-refractivity contribution in [2.24, 2.45) is 0 Å². The summed E-state index contributed by atoms with van der Waals surface area (Å²) < 4.78 is 39.9. The van der Waals surface area contributed by atoms with Gasteiger partial charge in [-0.15, -0.1) is 6.58 Å². The maximum atomic E-state index is 13.8. The van der Waals surface area contributed by atoms with Gasteiger partial charge in [0.1, 0.15) is 10.7 Å². The van der Waals surface area contributed by atoms with Crippen LogP contribution in [0.4, 0.5) is 4.39 Å². The molecule has 0 aromatic heterocycles. The highest BCUT2D eigenvalue weighted by molar-refractivity contribution is 7.89. The molecular formula is C15H22FN3O3S. The predicted octanol–water partition coefficient (Wildman–Crippen LogP) is 0.972. The first-order valence-electron chi connectivity index (χ1n) is 7.11. The zero-order chi connectivity index (χ0) is 17.5. The van der Waals surface area contributed by atoms with E-state index in [2.05, 4.69) is 16.6 Å². The Kier molecular flexibility index (Phi) is 7.34. The Hall–Kier alpha value is -1.77. The van der Waals surface area contributed by atoms with E-state index in [0.29, 0.717) is 6.54 Å². The summed E-state index contributed by atoms with van der Waals surface area (Å²) in [5, 5.41) is 2.68. The second kappa shape index (κ2) is 8.76. The van der Waals surface area contributed by atoms with Crippen molar-refractivity contribution in [3.63, 3.8) is 0 Å². The van der Waals surface area contributed by atoms with E-state index < -0.39 is 26.6 Å². The molecule has 1 amide bonds. The van der Waals surface area contributed by atoms with Gasteiger partial charge >= 0.3 is 0 Å². The molecule has 0 aliphatic heterocycles. The number of nitrogens with one attached hydrogen (secondary N) is 2. The minimum Gasteiger partial charge on any atom is -0.352 e. The number of nitrogens with zero attached hydrogens (tertiary/aromatic N) is 1. The summed E-state index contributed by atoms with van der Waals surface area (Å²) >= 11 is 0. The fraction of sp³-hybridized carbons (Fsp3) is 0.400. The van der Waals surface area contributed by atoms with Crippen LogP contribution >= 0.6 is 0 Å². The zero-order valence-corrected chi connectivity index (χ0v) is 14.1. The van der Waals surface area contributed by atoms with E-state index in [1.165, 1.54) is 12.1 Å². The van der Waals surface area contributed by atoms with Crippen LogP contribution in [0.1, 0.15) is 16.8 Å². The van der Waals surface area contributed by atoms with Crippen molar-refractivity contribution in [2.75, 3.05) is 33.7 Å².